The SMILES string of the molecule is CC(C)[C@H](N)C(=O)NCC(=O)N1CCCC1C(=O)N(C)C.Cl. The van der Waals surface area contributed by atoms with Gasteiger partial charge in [-0.1, -0.05) is 13.8 Å². The van der Waals surface area contributed by atoms with Gasteiger partial charge in [-0.25, -0.2) is 0 Å². The lowest BCUT2D eigenvalue weighted by molar-refractivity contribution is -0.142. The zero-order valence-electron chi connectivity index (χ0n) is 13.7. The Morgan fingerprint density at radius 2 is 1.91 bits per heavy atom. The molecule has 0 spiro atoms. The highest BCUT2D eigenvalue weighted by Crippen LogP contribution is 2.18. The highest BCUT2D eigenvalue weighted by molar-refractivity contribution is 5.91. The van der Waals surface area contributed by atoms with Crippen molar-refractivity contribution in [2.45, 2.75) is 38.8 Å². The first-order chi connectivity index (χ1) is 9.75. The molecule has 0 aromatic heterocycles. The number of nitrogens with zero attached hydrogens (tertiary/aromatic N) is 2. The molecule has 1 rings (SSSR count). The summed E-state index contributed by atoms with van der Waals surface area (Å²) >= 11 is 0. The number of amides is 3. The van der Waals surface area contributed by atoms with Crippen LogP contribution in [0.3, 0.4) is 0 Å². The summed E-state index contributed by atoms with van der Waals surface area (Å²) in [6.07, 6.45) is 1.47. The molecule has 128 valence electrons. The molecule has 0 aromatic rings. The Kier molecular flexibility index (Phi) is 8.40. The molecule has 0 saturated carbocycles. The van der Waals surface area contributed by atoms with Gasteiger partial charge in [0.1, 0.15) is 6.04 Å². The van der Waals surface area contributed by atoms with E-state index in [1.807, 2.05) is 13.8 Å². The smallest absolute Gasteiger partial charge is 0.244 e. The summed E-state index contributed by atoms with van der Waals surface area (Å²) < 4.78 is 0. The minimum Gasteiger partial charge on any atom is -0.347 e. The number of hydrogen-bond acceptors (Lipinski definition) is 4. The van der Waals surface area contributed by atoms with Crippen LogP contribution in [0.5, 0.6) is 0 Å². The zero-order valence-corrected chi connectivity index (χ0v) is 14.5. The van der Waals surface area contributed by atoms with Gasteiger partial charge in [-0.3, -0.25) is 14.4 Å². The maximum absolute atomic E-state index is 12.2. The van der Waals surface area contributed by atoms with Gasteiger partial charge in [0.05, 0.1) is 12.6 Å². The molecule has 1 aliphatic rings. The van der Waals surface area contributed by atoms with E-state index in [-0.39, 0.29) is 42.6 Å². The lowest BCUT2D eigenvalue weighted by atomic mass is 10.1. The quantitative estimate of drug-likeness (QED) is 0.714. The van der Waals surface area contributed by atoms with E-state index in [4.69, 9.17) is 5.73 Å². The van der Waals surface area contributed by atoms with E-state index >= 15 is 0 Å². The van der Waals surface area contributed by atoms with Crippen LogP contribution in [0, 0.1) is 5.92 Å². The monoisotopic (exact) mass is 334 g/mol. The molecule has 0 bridgehead atoms. The summed E-state index contributed by atoms with van der Waals surface area (Å²) in [6.45, 7) is 4.13. The number of carbonyl (C=O) groups excluding carboxylic acids is 3. The molecule has 1 fully saturated rings. The summed E-state index contributed by atoms with van der Waals surface area (Å²) in [6, 6.07) is -1.04. The molecular formula is C14H27ClN4O3. The molecule has 3 N–H and O–H groups in total. The average molecular weight is 335 g/mol. The van der Waals surface area contributed by atoms with Crippen molar-refractivity contribution in [3.05, 3.63) is 0 Å². The maximum atomic E-state index is 12.2. The van der Waals surface area contributed by atoms with Gasteiger partial charge in [-0.05, 0) is 18.8 Å². The van der Waals surface area contributed by atoms with E-state index < -0.39 is 12.1 Å². The fourth-order valence-corrected chi connectivity index (χ4v) is 2.30. The minimum atomic E-state index is -0.629. The molecule has 2 atom stereocenters. The fraction of sp³-hybridized carbons (Fsp3) is 0.786. The summed E-state index contributed by atoms with van der Waals surface area (Å²) in [5, 5.41) is 2.55. The number of likely N-dealkylation sites (N-methyl/N-ethyl adjacent to an activating group) is 1. The number of halogens is 1. The van der Waals surface area contributed by atoms with Crippen molar-refractivity contribution in [1.82, 2.24) is 15.1 Å². The largest absolute Gasteiger partial charge is 0.347 e. The third kappa shape index (κ3) is 5.14. The van der Waals surface area contributed by atoms with Crippen LogP contribution in [0.4, 0.5) is 0 Å². The molecule has 0 radical (unpaired) electrons. The van der Waals surface area contributed by atoms with Crippen molar-refractivity contribution in [3.8, 4) is 0 Å². The summed E-state index contributed by atoms with van der Waals surface area (Å²) in [5.74, 6) is -0.647. The molecule has 1 saturated heterocycles. The van der Waals surface area contributed by atoms with Gasteiger partial charge in [-0.15, -0.1) is 12.4 Å². The number of hydrogen-bond donors (Lipinski definition) is 2. The molecule has 1 unspecified atom stereocenters. The molecule has 1 heterocycles. The Hall–Kier alpha value is -1.34. The van der Waals surface area contributed by atoms with Crippen LogP contribution >= 0.6 is 12.4 Å². The van der Waals surface area contributed by atoms with Crippen molar-refractivity contribution in [3.63, 3.8) is 0 Å². The van der Waals surface area contributed by atoms with Crippen molar-refractivity contribution in [2.24, 2.45) is 11.7 Å². The predicted molar refractivity (Wildman–Crippen MR) is 86.5 cm³/mol. The Bertz CT molecular complexity index is 415. The zero-order chi connectivity index (χ0) is 16.2. The topological polar surface area (TPSA) is 95.7 Å². The molecule has 8 heteroatoms. The molecule has 3 amide bonds. The summed E-state index contributed by atoms with van der Waals surface area (Å²) in [5.41, 5.74) is 5.72. The first kappa shape index (κ1) is 20.7. The highest BCUT2D eigenvalue weighted by atomic mass is 35.5. The maximum Gasteiger partial charge on any atom is 0.244 e. The average Bonchev–Trinajstić information content (AvgIpc) is 2.91. The van der Waals surface area contributed by atoms with E-state index in [9.17, 15) is 14.4 Å². The lowest BCUT2D eigenvalue weighted by Gasteiger charge is -2.26. The van der Waals surface area contributed by atoms with E-state index in [0.717, 1.165) is 6.42 Å². The van der Waals surface area contributed by atoms with Crippen molar-refractivity contribution in [2.75, 3.05) is 27.2 Å². The van der Waals surface area contributed by atoms with Crippen LogP contribution in [0.2, 0.25) is 0 Å². The van der Waals surface area contributed by atoms with Gasteiger partial charge in [0.25, 0.3) is 0 Å². The van der Waals surface area contributed by atoms with E-state index in [1.165, 1.54) is 4.90 Å². The fourth-order valence-electron chi connectivity index (χ4n) is 2.30. The molecule has 22 heavy (non-hydrogen) atoms. The van der Waals surface area contributed by atoms with Crippen LogP contribution < -0.4 is 11.1 Å². The van der Waals surface area contributed by atoms with Gasteiger partial charge in [0.15, 0.2) is 0 Å². The first-order valence-electron chi connectivity index (χ1n) is 7.29. The van der Waals surface area contributed by atoms with E-state index in [0.29, 0.717) is 13.0 Å². The summed E-state index contributed by atoms with van der Waals surface area (Å²) in [7, 11) is 3.35. The van der Waals surface area contributed by atoms with Gasteiger partial charge >= 0.3 is 0 Å². The lowest BCUT2D eigenvalue weighted by Crippen LogP contribution is -2.51. The number of carbonyl (C=O) groups is 3. The predicted octanol–water partition coefficient (Wildman–Crippen LogP) is -0.413. The van der Waals surface area contributed by atoms with Crippen LogP contribution in [-0.2, 0) is 14.4 Å². The second-order valence-electron chi connectivity index (χ2n) is 5.97. The Balaban J connectivity index is 0.00000441. The second-order valence-corrected chi connectivity index (χ2v) is 5.97. The number of nitrogens with one attached hydrogen (secondary N) is 1. The van der Waals surface area contributed by atoms with Crippen LogP contribution in [0.1, 0.15) is 26.7 Å². The molecular weight excluding hydrogens is 308 g/mol. The molecule has 0 aromatic carbocycles. The molecule has 0 aliphatic carbocycles. The van der Waals surface area contributed by atoms with E-state index in [2.05, 4.69) is 5.32 Å². The van der Waals surface area contributed by atoms with E-state index in [1.54, 1.807) is 19.0 Å². The standard InChI is InChI=1S/C14H26N4O3.ClH/c1-9(2)12(15)13(20)16-8-11(19)18-7-5-6-10(18)14(21)17(3)4;/h9-10,12H,5-8,15H2,1-4H3,(H,16,20);1H/t10?,12-;/m0./s1. The first-order valence-corrected chi connectivity index (χ1v) is 7.29. The Labute approximate surface area is 138 Å². The van der Waals surface area contributed by atoms with Crippen molar-refractivity contribution < 1.29 is 14.4 Å². The third-order valence-electron chi connectivity index (χ3n) is 3.73. The van der Waals surface area contributed by atoms with Crippen molar-refractivity contribution in [1.29, 1.82) is 0 Å². The highest BCUT2D eigenvalue weighted by Gasteiger charge is 2.34. The summed E-state index contributed by atoms with van der Waals surface area (Å²) in [4.78, 5) is 39.0. The van der Waals surface area contributed by atoms with Gasteiger partial charge < -0.3 is 20.9 Å². The van der Waals surface area contributed by atoms with Crippen LogP contribution in [0.15, 0.2) is 0 Å². The van der Waals surface area contributed by atoms with Gasteiger partial charge in [0.2, 0.25) is 17.7 Å². The Morgan fingerprint density at radius 1 is 1.32 bits per heavy atom. The number of nitrogens with two attached hydrogens (primary N) is 1. The van der Waals surface area contributed by atoms with Gasteiger partial charge in [0, 0.05) is 20.6 Å². The number of likely N-dealkylation sites (tertiary alicyclic amines) is 1. The third-order valence-corrected chi connectivity index (χ3v) is 3.73. The molecule has 1 aliphatic heterocycles. The Morgan fingerprint density at radius 3 is 2.41 bits per heavy atom. The van der Waals surface area contributed by atoms with Gasteiger partial charge in [-0.2, -0.15) is 0 Å². The van der Waals surface area contributed by atoms with Crippen LogP contribution in [-0.4, -0.2) is 66.8 Å². The van der Waals surface area contributed by atoms with Crippen molar-refractivity contribution >= 4 is 30.1 Å². The number of rotatable bonds is 5. The van der Waals surface area contributed by atoms with Crippen LogP contribution in [0.25, 0.3) is 0 Å². The normalized spacial score (nSPS) is 18.6. The minimum absolute atomic E-state index is 0. The second kappa shape index (κ2) is 8.95. The molecule has 7 nitrogen and oxygen atoms in total.